The van der Waals surface area contributed by atoms with Gasteiger partial charge in [-0.25, -0.2) is 9.97 Å². The molecule has 0 aliphatic heterocycles. The van der Waals surface area contributed by atoms with Crippen LogP contribution < -0.4 is 4.90 Å². The van der Waals surface area contributed by atoms with Gasteiger partial charge in [0.1, 0.15) is 11.2 Å². The molecule has 13 rings (SSSR count). The molecular formula is C58H35N3O2. The molecule has 63 heavy (non-hydrogen) atoms. The second-order valence-corrected chi connectivity index (χ2v) is 16.2. The van der Waals surface area contributed by atoms with Crippen LogP contribution in [0.4, 0.5) is 17.1 Å². The summed E-state index contributed by atoms with van der Waals surface area (Å²) in [5.41, 5.74) is 12.9. The van der Waals surface area contributed by atoms with E-state index in [0.717, 1.165) is 72.0 Å². The summed E-state index contributed by atoms with van der Waals surface area (Å²) >= 11 is 0. The fourth-order valence-electron chi connectivity index (χ4n) is 9.55. The molecule has 0 spiro atoms. The third-order valence-corrected chi connectivity index (χ3v) is 12.6. The first-order chi connectivity index (χ1) is 31.2. The fourth-order valence-corrected chi connectivity index (χ4v) is 9.55. The van der Waals surface area contributed by atoms with Gasteiger partial charge in [-0.2, -0.15) is 0 Å². The van der Waals surface area contributed by atoms with E-state index in [9.17, 15) is 0 Å². The Morgan fingerprint density at radius 2 is 0.762 bits per heavy atom. The molecule has 0 radical (unpaired) electrons. The van der Waals surface area contributed by atoms with Crippen molar-refractivity contribution in [1.29, 1.82) is 0 Å². The van der Waals surface area contributed by atoms with E-state index in [1.54, 1.807) is 0 Å². The zero-order valence-corrected chi connectivity index (χ0v) is 33.9. The zero-order chi connectivity index (χ0) is 41.4. The number of para-hydroxylation sites is 2. The maximum atomic E-state index is 6.15. The lowest BCUT2D eigenvalue weighted by Crippen LogP contribution is -2.09. The molecule has 4 heterocycles. The summed E-state index contributed by atoms with van der Waals surface area (Å²) < 4.78 is 12.3. The summed E-state index contributed by atoms with van der Waals surface area (Å²) in [6.45, 7) is 0. The smallest absolute Gasteiger partial charge is 0.227 e. The number of pyridine rings is 2. The molecule has 9 aromatic carbocycles. The predicted octanol–water partition coefficient (Wildman–Crippen LogP) is 16.2. The van der Waals surface area contributed by atoms with Crippen molar-refractivity contribution in [2.75, 3.05) is 4.90 Å². The summed E-state index contributed by atoms with van der Waals surface area (Å²) in [7, 11) is 0. The van der Waals surface area contributed by atoms with Crippen LogP contribution in [0, 0.1) is 0 Å². The highest BCUT2D eigenvalue weighted by atomic mass is 16.3. The highest BCUT2D eigenvalue weighted by molar-refractivity contribution is 6.13. The van der Waals surface area contributed by atoms with Gasteiger partial charge in [0.05, 0.1) is 10.8 Å². The van der Waals surface area contributed by atoms with Gasteiger partial charge in [-0.15, -0.1) is 0 Å². The van der Waals surface area contributed by atoms with E-state index in [1.807, 2.05) is 48.8 Å². The number of benzene rings is 9. The highest BCUT2D eigenvalue weighted by Gasteiger charge is 2.19. The Morgan fingerprint density at radius 3 is 1.37 bits per heavy atom. The first-order valence-corrected chi connectivity index (χ1v) is 21.2. The molecule has 0 aliphatic carbocycles. The average Bonchev–Trinajstić information content (AvgIpc) is 3.93. The Balaban J connectivity index is 0.919. The third kappa shape index (κ3) is 5.78. The van der Waals surface area contributed by atoms with Crippen LogP contribution in [-0.2, 0) is 0 Å². The first kappa shape index (κ1) is 35.2. The van der Waals surface area contributed by atoms with Crippen LogP contribution in [0.25, 0.3) is 110 Å². The number of aromatic nitrogens is 2. The summed E-state index contributed by atoms with van der Waals surface area (Å²) in [5, 5.41) is 11.5. The molecule has 0 saturated carbocycles. The summed E-state index contributed by atoms with van der Waals surface area (Å²) in [6.07, 6.45) is 3.65. The van der Waals surface area contributed by atoms with Crippen LogP contribution in [-0.4, -0.2) is 9.97 Å². The minimum absolute atomic E-state index is 0.642. The lowest BCUT2D eigenvalue weighted by Gasteiger charge is -2.26. The lowest BCUT2D eigenvalue weighted by molar-refractivity contribution is 0.654. The van der Waals surface area contributed by atoms with E-state index in [2.05, 4.69) is 179 Å². The maximum Gasteiger partial charge on any atom is 0.227 e. The van der Waals surface area contributed by atoms with Crippen LogP contribution in [0.1, 0.15) is 0 Å². The van der Waals surface area contributed by atoms with Gasteiger partial charge < -0.3 is 13.7 Å². The van der Waals surface area contributed by atoms with Crippen molar-refractivity contribution in [2.24, 2.45) is 0 Å². The normalized spacial score (nSPS) is 11.8. The number of furan rings is 2. The standard InChI is InChI=1S/C58H35N3O2/c1-2-8-39-33-40(14-13-36(39)7-1)41-21-27-47-42(34-41)15-16-43-35-46(26-28-48(43)47)61(44-22-17-37(18-23-44)49-29-31-59-57-55(49)51-9-3-5-11-53(51)62-57)45-24-19-38(20-25-45)50-30-32-60-58-56(50)52-10-4-6-12-54(52)63-58/h1-35H. The van der Waals surface area contributed by atoms with E-state index >= 15 is 0 Å². The molecule has 0 saturated heterocycles. The monoisotopic (exact) mass is 805 g/mol. The van der Waals surface area contributed by atoms with Gasteiger partial charge in [0.2, 0.25) is 11.4 Å². The molecule has 4 aromatic heterocycles. The molecule has 5 heteroatoms. The van der Waals surface area contributed by atoms with E-state index < -0.39 is 0 Å². The van der Waals surface area contributed by atoms with Crippen molar-refractivity contribution >= 4 is 93.5 Å². The molecule has 0 fully saturated rings. The van der Waals surface area contributed by atoms with Crippen molar-refractivity contribution < 1.29 is 8.83 Å². The lowest BCUT2D eigenvalue weighted by atomic mass is 9.96. The maximum absolute atomic E-state index is 6.15. The summed E-state index contributed by atoms with van der Waals surface area (Å²) in [6, 6.07) is 71.5. The van der Waals surface area contributed by atoms with E-state index in [-0.39, 0.29) is 0 Å². The zero-order valence-electron chi connectivity index (χ0n) is 33.9. The predicted molar refractivity (Wildman–Crippen MR) is 260 cm³/mol. The molecule has 0 amide bonds. The van der Waals surface area contributed by atoms with Gasteiger partial charge in [-0.05, 0) is 138 Å². The molecule has 294 valence electrons. The third-order valence-electron chi connectivity index (χ3n) is 12.6. The topological polar surface area (TPSA) is 55.3 Å². The van der Waals surface area contributed by atoms with Gasteiger partial charge in [0.15, 0.2) is 0 Å². The van der Waals surface area contributed by atoms with Crippen LogP contribution in [0.2, 0.25) is 0 Å². The number of anilines is 3. The Labute approximate surface area is 361 Å². The van der Waals surface area contributed by atoms with Crippen LogP contribution in [0.15, 0.2) is 221 Å². The fraction of sp³-hybridized carbons (Fsp3) is 0. The van der Waals surface area contributed by atoms with Gasteiger partial charge >= 0.3 is 0 Å². The second kappa shape index (κ2) is 14.0. The van der Waals surface area contributed by atoms with Gasteiger partial charge in [0.25, 0.3) is 0 Å². The van der Waals surface area contributed by atoms with Crippen molar-refractivity contribution in [3.8, 4) is 33.4 Å². The molecule has 0 N–H and O–H groups in total. The van der Waals surface area contributed by atoms with Crippen molar-refractivity contribution in [3.63, 3.8) is 0 Å². The minimum atomic E-state index is 0.642. The molecule has 13 aromatic rings. The van der Waals surface area contributed by atoms with Gasteiger partial charge in [-0.1, -0.05) is 127 Å². The van der Waals surface area contributed by atoms with Crippen molar-refractivity contribution in [1.82, 2.24) is 9.97 Å². The largest absolute Gasteiger partial charge is 0.438 e. The highest BCUT2D eigenvalue weighted by Crippen LogP contribution is 2.42. The number of fused-ring (bicyclic) bond motifs is 10. The molecule has 5 nitrogen and oxygen atoms in total. The van der Waals surface area contributed by atoms with Crippen molar-refractivity contribution in [2.45, 2.75) is 0 Å². The summed E-state index contributed by atoms with van der Waals surface area (Å²) in [4.78, 5) is 11.5. The Bertz CT molecular complexity index is 3760. The van der Waals surface area contributed by atoms with Crippen LogP contribution >= 0.6 is 0 Å². The minimum Gasteiger partial charge on any atom is -0.438 e. The Hall–Kier alpha value is -8.54. The number of hydrogen-bond donors (Lipinski definition) is 0. The molecular weight excluding hydrogens is 771 g/mol. The van der Waals surface area contributed by atoms with E-state index in [1.165, 1.54) is 43.4 Å². The molecule has 0 atom stereocenters. The number of rotatable bonds is 6. The van der Waals surface area contributed by atoms with Crippen LogP contribution in [0.5, 0.6) is 0 Å². The quantitative estimate of drug-likeness (QED) is 0.157. The van der Waals surface area contributed by atoms with Gasteiger partial charge in [0, 0.05) is 40.2 Å². The number of hydrogen-bond acceptors (Lipinski definition) is 5. The average molecular weight is 806 g/mol. The molecule has 0 unspecified atom stereocenters. The van der Waals surface area contributed by atoms with Gasteiger partial charge in [-0.3, -0.25) is 0 Å². The van der Waals surface area contributed by atoms with Crippen LogP contribution in [0.3, 0.4) is 0 Å². The van der Waals surface area contributed by atoms with E-state index in [4.69, 9.17) is 8.83 Å². The van der Waals surface area contributed by atoms with E-state index in [0.29, 0.717) is 11.4 Å². The first-order valence-electron chi connectivity index (χ1n) is 21.2. The summed E-state index contributed by atoms with van der Waals surface area (Å²) in [5.74, 6) is 0. The molecule has 0 aliphatic rings. The second-order valence-electron chi connectivity index (χ2n) is 16.2. The van der Waals surface area contributed by atoms with Crippen molar-refractivity contribution in [3.05, 3.63) is 213 Å². The Kier molecular flexibility index (Phi) is 7.84. The molecule has 0 bridgehead atoms. The number of nitrogens with zero attached hydrogens (tertiary/aromatic N) is 3. The Morgan fingerprint density at radius 1 is 0.317 bits per heavy atom. The SMILES string of the molecule is c1ccc2cc(-c3ccc4c(ccc5cc(N(c6ccc(-c7ccnc8oc9ccccc9c78)cc6)c6ccc(-c7ccnc8oc9ccccc9c78)cc6)ccc54)c3)ccc2c1.